The third-order valence-electron chi connectivity index (χ3n) is 6.16. The van der Waals surface area contributed by atoms with E-state index in [2.05, 4.69) is 5.32 Å². The number of amides is 2. The van der Waals surface area contributed by atoms with Gasteiger partial charge >= 0.3 is 0 Å². The van der Waals surface area contributed by atoms with Crippen LogP contribution in [0.4, 0.5) is 5.69 Å². The molecule has 1 N–H and O–H groups in total. The van der Waals surface area contributed by atoms with E-state index in [-0.39, 0.29) is 17.3 Å². The van der Waals surface area contributed by atoms with Gasteiger partial charge in [0.2, 0.25) is 11.8 Å². The fraction of sp³-hybridized carbons (Fsp3) is 0.333. The van der Waals surface area contributed by atoms with Crippen molar-refractivity contribution < 1.29 is 18.0 Å². The third-order valence-corrected chi connectivity index (χ3v) is 8.92. The number of anilines is 1. The molecule has 1 atom stereocenters. The van der Waals surface area contributed by atoms with Gasteiger partial charge in [0.05, 0.1) is 10.6 Å². The molecule has 0 saturated heterocycles. The number of nitrogens with zero attached hydrogens (tertiary/aromatic N) is 2. The maximum Gasteiger partial charge on any atom is 0.264 e. The minimum absolute atomic E-state index is 0.0681. The lowest BCUT2D eigenvalue weighted by Crippen LogP contribution is -2.54. The van der Waals surface area contributed by atoms with Crippen LogP contribution in [0.25, 0.3) is 0 Å². The first-order valence-electron chi connectivity index (χ1n) is 12.8. The largest absolute Gasteiger partial charge is 0.350 e. The maximum absolute atomic E-state index is 14.0. The number of hydrogen-bond acceptors (Lipinski definition) is 5. The van der Waals surface area contributed by atoms with Crippen LogP contribution in [0.15, 0.2) is 82.6 Å². The van der Waals surface area contributed by atoms with Crippen molar-refractivity contribution in [3.05, 3.63) is 88.9 Å². The molecule has 0 saturated carbocycles. The number of nitrogens with one attached hydrogen (secondary N) is 1. The van der Waals surface area contributed by atoms with Gasteiger partial charge in [-0.05, 0) is 95.0 Å². The minimum atomic E-state index is -4.12. The fourth-order valence-electron chi connectivity index (χ4n) is 4.00. The summed E-state index contributed by atoms with van der Waals surface area (Å²) >= 11 is 7.70. The number of benzene rings is 3. The van der Waals surface area contributed by atoms with Crippen molar-refractivity contribution in [3.63, 3.8) is 0 Å². The molecule has 7 nitrogen and oxygen atoms in total. The van der Waals surface area contributed by atoms with Gasteiger partial charge in [-0.25, -0.2) is 8.42 Å². The van der Waals surface area contributed by atoms with Gasteiger partial charge < -0.3 is 10.2 Å². The molecule has 0 aliphatic carbocycles. The second kappa shape index (κ2) is 13.1. The molecule has 0 aliphatic heterocycles. The molecule has 3 rings (SSSR count). The van der Waals surface area contributed by atoms with E-state index in [9.17, 15) is 18.0 Å². The van der Waals surface area contributed by atoms with E-state index in [1.54, 1.807) is 61.5 Å². The number of rotatable bonds is 10. The van der Waals surface area contributed by atoms with Crippen LogP contribution >= 0.6 is 23.4 Å². The van der Waals surface area contributed by atoms with Gasteiger partial charge in [-0.1, -0.05) is 41.4 Å². The first kappa shape index (κ1) is 31.5. The van der Waals surface area contributed by atoms with Crippen molar-refractivity contribution in [2.75, 3.05) is 17.1 Å². The third kappa shape index (κ3) is 8.25. The van der Waals surface area contributed by atoms with E-state index >= 15 is 0 Å². The SMILES string of the molecule is CSc1ccc(S(=O)(=O)N(CC(=O)N(Cc2cccc(Cl)c2)[C@@H](C)C(=O)NC(C)(C)C)c2ccc(C)cc2)cc1. The van der Waals surface area contributed by atoms with E-state index in [0.717, 1.165) is 14.8 Å². The minimum Gasteiger partial charge on any atom is -0.350 e. The molecular weight excluding hydrogens is 566 g/mol. The fourth-order valence-corrected chi connectivity index (χ4v) is 6.04. The van der Waals surface area contributed by atoms with Crippen LogP contribution in [-0.4, -0.2) is 49.5 Å². The van der Waals surface area contributed by atoms with Gasteiger partial charge in [0.15, 0.2) is 0 Å². The zero-order valence-electron chi connectivity index (χ0n) is 23.6. The second-order valence-electron chi connectivity index (χ2n) is 10.6. The van der Waals surface area contributed by atoms with Gasteiger partial charge in [0, 0.05) is 22.0 Å². The Morgan fingerprint density at radius 1 is 1.00 bits per heavy atom. The average Bonchev–Trinajstić information content (AvgIpc) is 2.89. The van der Waals surface area contributed by atoms with E-state index in [1.165, 1.54) is 28.8 Å². The van der Waals surface area contributed by atoms with Gasteiger partial charge in [0.1, 0.15) is 12.6 Å². The zero-order chi connectivity index (χ0) is 29.7. The van der Waals surface area contributed by atoms with Crippen molar-refractivity contribution in [3.8, 4) is 0 Å². The lowest BCUT2D eigenvalue weighted by Gasteiger charge is -2.33. The summed E-state index contributed by atoms with van der Waals surface area (Å²) in [5, 5.41) is 3.41. The Morgan fingerprint density at radius 3 is 2.17 bits per heavy atom. The highest BCUT2D eigenvalue weighted by atomic mass is 35.5. The van der Waals surface area contributed by atoms with Crippen LogP contribution < -0.4 is 9.62 Å². The van der Waals surface area contributed by atoms with Gasteiger partial charge in [-0.3, -0.25) is 13.9 Å². The van der Waals surface area contributed by atoms with Crippen molar-refractivity contribution >= 4 is 50.9 Å². The summed E-state index contributed by atoms with van der Waals surface area (Å²) in [6.45, 7) is 8.68. The Morgan fingerprint density at radius 2 is 1.62 bits per heavy atom. The number of sulfonamides is 1. The van der Waals surface area contributed by atoms with E-state index in [0.29, 0.717) is 16.3 Å². The number of halogens is 1. The first-order valence-corrected chi connectivity index (χ1v) is 15.8. The molecule has 0 fully saturated rings. The van der Waals surface area contributed by atoms with Gasteiger partial charge in [-0.2, -0.15) is 0 Å². The van der Waals surface area contributed by atoms with Crippen LogP contribution in [0.5, 0.6) is 0 Å². The van der Waals surface area contributed by atoms with Crippen LogP contribution in [0.2, 0.25) is 5.02 Å². The highest BCUT2D eigenvalue weighted by Crippen LogP contribution is 2.27. The number of thioether (sulfide) groups is 1. The molecule has 0 bridgehead atoms. The molecule has 214 valence electrons. The Hall–Kier alpha value is -3.01. The number of carbonyl (C=O) groups excluding carboxylic acids is 2. The molecule has 0 radical (unpaired) electrons. The standard InChI is InChI=1S/C30H36ClN3O4S2/c1-21-10-12-25(13-11-21)34(40(37,38)27-16-14-26(39-6)15-17-27)20-28(35)33(19-23-8-7-9-24(31)18-23)22(2)29(36)32-30(3,4)5/h7-18,22H,19-20H2,1-6H3,(H,32,36)/t22-/m0/s1. The number of aryl methyl sites for hydroxylation is 1. The van der Waals surface area contributed by atoms with Crippen molar-refractivity contribution in [1.29, 1.82) is 0 Å². The zero-order valence-corrected chi connectivity index (χ0v) is 26.0. The molecule has 0 aliphatic rings. The lowest BCUT2D eigenvalue weighted by atomic mass is 10.1. The number of hydrogen-bond donors (Lipinski definition) is 1. The van der Waals surface area contributed by atoms with E-state index < -0.39 is 34.1 Å². The van der Waals surface area contributed by atoms with Gasteiger partial charge in [-0.15, -0.1) is 11.8 Å². The van der Waals surface area contributed by atoms with Crippen LogP contribution in [0, 0.1) is 6.92 Å². The smallest absolute Gasteiger partial charge is 0.264 e. The molecule has 0 spiro atoms. The number of carbonyl (C=O) groups is 2. The predicted molar refractivity (Wildman–Crippen MR) is 163 cm³/mol. The summed E-state index contributed by atoms with van der Waals surface area (Å²) in [4.78, 5) is 29.5. The van der Waals surface area contributed by atoms with Crippen LogP contribution in [0.3, 0.4) is 0 Å². The predicted octanol–water partition coefficient (Wildman–Crippen LogP) is 5.90. The summed E-state index contributed by atoms with van der Waals surface area (Å²) in [5.74, 6) is -0.873. The molecular formula is C30H36ClN3O4S2. The quantitative estimate of drug-likeness (QED) is 0.293. The highest BCUT2D eigenvalue weighted by molar-refractivity contribution is 7.98. The molecule has 3 aromatic rings. The monoisotopic (exact) mass is 601 g/mol. The molecule has 0 heterocycles. The highest BCUT2D eigenvalue weighted by Gasteiger charge is 2.33. The summed E-state index contributed by atoms with van der Waals surface area (Å²) < 4.78 is 28.9. The maximum atomic E-state index is 14.0. The first-order chi connectivity index (χ1) is 18.7. The Kier molecular flexibility index (Phi) is 10.3. The Balaban J connectivity index is 2.03. The average molecular weight is 602 g/mol. The summed E-state index contributed by atoms with van der Waals surface area (Å²) in [6, 6.07) is 19.6. The molecule has 0 unspecified atom stereocenters. The van der Waals surface area contributed by atoms with Crippen molar-refractivity contribution in [1.82, 2.24) is 10.2 Å². The molecule has 2 amide bonds. The van der Waals surface area contributed by atoms with Crippen molar-refractivity contribution in [2.45, 2.75) is 62.5 Å². The Labute approximate surface area is 247 Å². The van der Waals surface area contributed by atoms with E-state index in [1.807, 2.05) is 40.0 Å². The second-order valence-corrected chi connectivity index (χ2v) is 13.8. The Bertz CT molecular complexity index is 1440. The molecule has 0 aromatic heterocycles. The topological polar surface area (TPSA) is 86.8 Å². The summed E-state index contributed by atoms with van der Waals surface area (Å²) in [7, 11) is -4.12. The summed E-state index contributed by atoms with van der Waals surface area (Å²) in [5.41, 5.74) is 1.50. The lowest BCUT2D eigenvalue weighted by molar-refractivity contribution is -0.140. The normalized spacial score (nSPS) is 12.5. The summed E-state index contributed by atoms with van der Waals surface area (Å²) in [6.07, 6.45) is 1.91. The van der Waals surface area contributed by atoms with Crippen LogP contribution in [0.1, 0.15) is 38.8 Å². The molecule has 3 aromatic carbocycles. The van der Waals surface area contributed by atoms with E-state index in [4.69, 9.17) is 11.6 Å². The van der Waals surface area contributed by atoms with Crippen LogP contribution in [-0.2, 0) is 26.2 Å². The van der Waals surface area contributed by atoms with Gasteiger partial charge in [0.25, 0.3) is 10.0 Å². The van der Waals surface area contributed by atoms with Crippen molar-refractivity contribution in [2.24, 2.45) is 0 Å². The molecule has 10 heteroatoms. The molecule has 40 heavy (non-hydrogen) atoms.